The van der Waals surface area contributed by atoms with Crippen molar-refractivity contribution in [3.8, 4) is 5.69 Å². The minimum atomic E-state index is -0.836. The van der Waals surface area contributed by atoms with E-state index in [2.05, 4.69) is 5.32 Å². The van der Waals surface area contributed by atoms with Crippen LogP contribution in [0.25, 0.3) is 11.8 Å². The van der Waals surface area contributed by atoms with Gasteiger partial charge in [0.25, 0.3) is 17.5 Å². The molecule has 3 aromatic rings. The van der Waals surface area contributed by atoms with Gasteiger partial charge in [-0.05, 0) is 55.8 Å². The number of nitrogens with zero attached hydrogens (tertiary/aromatic N) is 3. The highest BCUT2D eigenvalue weighted by molar-refractivity contribution is 6.32. The summed E-state index contributed by atoms with van der Waals surface area (Å²) in [6, 6.07) is 8.55. The highest BCUT2D eigenvalue weighted by Gasteiger charge is 2.36. The van der Waals surface area contributed by atoms with Crippen molar-refractivity contribution in [2.24, 2.45) is 0 Å². The fourth-order valence-corrected chi connectivity index (χ4v) is 3.85. The van der Waals surface area contributed by atoms with Crippen LogP contribution >= 0.6 is 11.6 Å². The Kier molecular flexibility index (Phi) is 5.60. The van der Waals surface area contributed by atoms with Crippen molar-refractivity contribution in [3.63, 3.8) is 0 Å². The first-order valence-electron chi connectivity index (χ1n) is 9.72. The second kappa shape index (κ2) is 8.40. The van der Waals surface area contributed by atoms with Crippen molar-refractivity contribution >= 4 is 41.2 Å². The number of furan rings is 1. The number of barbiturate groups is 1. The lowest BCUT2D eigenvalue weighted by molar-refractivity contribution is -0.384. The number of nitro benzene ring substituents is 1. The van der Waals surface area contributed by atoms with Crippen molar-refractivity contribution in [1.82, 2.24) is 14.8 Å². The predicted molar refractivity (Wildman–Crippen MR) is 118 cm³/mol. The van der Waals surface area contributed by atoms with E-state index in [1.807, 2.05) is 0 Å². The minimum absolute atomic E-state index is 0.0133. The highest BCUT2D eigenvalue weighted by Crippen LogP contribution is 2.30. The van der Waals surface area contributed by atoms with Crippen LogP contribution in [-0.2, 0) is 16.1 Å². The summed E-state index contributed by atoms with van der Waals surface area (Å²) in [6.45, 7) is 3.40. The average molecular weight is 469 g/mol. The first-order valence-corrected chi connectivity index (χ1v) is 10.1. The summed E-state index contributed by atoms with van der Waals surface area (Å²) < 4.78 is 6.94. The Labute approximate surface area is 192 Å². The lowest BCUT2D eigenvalue weighted by Crippen LogP contribution is -2.53. The average Bonchev–Trinajstić information content (AvgIpc) is 3.36. The van der Waals surface area contributed by atoms with Crippen LogP contribution in [-0.4, -0.2) is 32.2 Å². The van der Waals surface area contributed by atoms with E-state index in [4.69, 9.17) is 16.0 Å². The molecule has 11 heteroatoms. The third-order valence-corrected chi connectivity index (χ3v) is 5.55. The number of nitrogens with one attached hydrogen (secondary N) is 1. The van der Waals surface area contributed by atoms with Gasteiger partial charge in [-0.25, -0.2) is 4.79 Å². The predicted octanol–water partition coefficient (Wildman–Crippen LogP) is 3.91. The number of urea groups is 1. The van der Waals surface area contributed by atoms with E-state index in [1.54, 1.807) is 42.7 Å². The fraction of sp³-hybridized carbons (Fsp3) is 0.136. The van der Waals surface area contributed by atoms with Gasteiger partial charge in [0.2, 0.25) is 0 Å². The van der Waals surface area contributed by atoms with Crippen LogP contribution in [0.5, 0.6) is 0 Å². The molecule has 4 rings (SSSR count). The molecule has 168 valence electrons. The molecule has 10 nitrogen and oxygen atoms in total. The Morgan fingerprint density at radius 2 is 1.94 bits per heavy atom. The molecule has 1 aliphatic heterocycles. The lowest BCUT2D eigenvalue weighted by atomic mass is 10.1. The first-order chi connectivity index (χ1) is 15.7. The maximum Gasteiger partial charge on any atom is 0.331 e. The number of carbonyl (C=O) groups excluding carboxylic acids is 3. The largest absolute Gasteiger partial charge is 0.467 e. The molecule has 0 aliphatic carbocycles. The van der Waals surface area contributed by atoms with E-state index in [9.17, 15) is 24.5 Å². The van der Waals surface area contributed by atoms with Gasteiger partial charge in [-0.1, -0.05) is 11.6 Å². The number of amides is 4. The van der Waals surface area contributed by atoms with Gasteiger partial charge in [-0.2, -0.15) is 0 Å². The topological polar surface area (TPSA) is 128 Å². The number of carbonyl (C=O) groups is 3. The number of imide groups is 2. The van der Waals surface area contributed by atoms with Crippen LogP contribution < -0.4 is 5.32 Å². The van der Waals surface area contributed by atoms with E-state index in [0.29, 0.717) is 28.4 Å². The molecule has 2 aromatic heterocycles. The van der Waals surface area contributed by atoms with Gasteiger partial charge >= 0.3 is 6.03 Å². The Balaban J connectivity index is 1.73. The first kappa shape index (κ1) is 22.0. The van der Waals surface area contributed by atoms with E-state index >= 15 is 0 Å². The summed E-state index contributed by atoms with van der Waals surface area (Å²) in [5, 5.41) is 13.4. The molecule has 1 N–H and O–H groups in total. The van der Waals surface area contributed by atoms with Gasteiger partial charge in [0.05, 0.1) is 23.4 Å². The van der Waals surface area contributed by atoms with Crippen molar-refractivity contribution in [3.05, 3.63) is 86.1 Å². The van der Waals surface area contributed by atoms with E-state index < -0.39 is 22.8 Å². The molecule has 4 amide bonds. The minimum Gasteiger partial charge on any atom is -0.467 e. The molecule has 0 radical (unpaired) electrons. The Bertz CT molecular complexity index is 1340. The second-order valence-corrected chi connectivity index (χ2v) is 7.75. The van der Waals surface area contributed by atoms with Crippen LogP contribution in [0.3, 0.4) is 0 Å². The van der Waals surface area contributed by atoms with Crippen LogP contribution in [0.15, 0.2) is 52.7 Å². The summed E-state index contributed by atoms with van der Waals surface area (Å²) in [7, 11) is 0. The fourth-order valence-electron chi connectivity index (χ4n) is 3.66. The summed E-state index contributed by atoms with van der Waals surface area (Å²) in [5.74, 6) is -1.19. The maximum absolute atomic E-state index is 12.9. The van der Waals surface area contributed by atoms with Crippen molar-refractivity contribution in [2.45, 2.75) is 20.4 Å². The van der Waals surface area contributed by atoms with Crippen molar-refractivity contribution in [2.75, 3.05) is 0 Å². The number of hydrogen-bond donors (Lipinski definition) is 1. The molecular formula is C22H17ClN4O6. The number of benzene rings is 1. The summed E-state index contributed by atoms with van der Waals surface area (Å²) in [6.07, 6.45) is 2.81. The number of rotatable bonds is 5. The highest BCUT2D eigenvalue weighted by atomic mass is 35.5. The number of halogens is 1. The van der Waals surface area contributed by atoms with Gasteiger partial charge in [-0.15, -0.1) is 0 Å². The van der Waals surface area contributed by atoms with E-state index in [0.717, 1.165) is 4.90 Å². The molecule has 1 fully saturated rings. The lowest BCUT2D eigenvalue weighted by Gasteiger charge is -2.25. The zero-order chi connectivity index (χ0) is 23.9. The molecule has 0 bridgehead atoms. The van der Waals surface area contributed by atoms with Crippen LogP contribution in [0.2, 0.25) is 5.02 Å². The molecule has 0 atom stereocenters. The maximum atomic E-state index is 12.9. The molecule has 33 heavy (non-hydrogen) atoms. The van der Waals surface area contributed by atoms with Crippen molar-refractivity contribution < 1.29 is 23.7 Å². The standard InChI is InChI=1S/C22H17ClN4O6/c1-12-8-14(13(2)26(12)15-5-6-18(23)19(10-15)27(31)32)9-17-20(28)24-22(30)25(21(17)29)11-16-4-3-7-33-16/h3-10H,11H2,1-2H3,(H,24,28,30)/b17-9+. The molecule has 1 aromatic carbocycles. The molecule has 3 heterocycles. The van der Waals surface area contributed by atoms with Crippen molar-refractivity contribution in [1.29, 1.82) is 0 Å². The smallest absolute Gasteiger partial charge is 0.331 e. The van der Waals surface area contributed by atoms with Crippen LogP contribution in [0.4, 0.5) is 10.5 Å². The van der Waals surface area contributed by atoms with Gasteiger partial charge in [0.15, 0.2) is 0 Å². The molecule has 0 saturated carbocycles. The normalized spacial score (nSPS) is 15.3. The molecule has 1 saturated heterocycles. The summed E-state index contributed by atoms with van der Waals surface area (Å²) in [5.41, 5.74) is 1.92. The number of aromatic nitrogens is 1. The SMILES string of the molecule is Cc1cc(/C=C2\C(=O)NC(=O)N(Cc3ccco3)C2=O)c(C)n1-c1ccc(Cl)c([N+](=O)[O-])c1. The Morgan fingerprint density at radius 3 is 2.61 bits per heavy atom. The summed E-state index contributed by atoms with van der Waals surface area (Å²) in [4.78, 5) is 49.2. The third-order valence-electron chi connectivity index (χ3n) is 5.23. The molecular weight excluding hydrogens is 452 g/mol. The number of aryl methyl sites for hydroxylation is 1. The third kappa shape index (κ3) is 4.03. The zero-order valence-electron chi connectivity index (χ0n) is 17.5. The van der Waals surface area contributed by atoms with Gasteiger partial charge < -0.3 is 8.98 Å². The second-order valence-electron chi connectivity index (χ2n) is 7.34. The van der Waals surface area contributed by atoms with Gasteiger partial charge in [-0.3, -0.25) is 29.9 Å². The number of hydrogen-bond acceptors (Lipinski definition) is 6. The Hall–Kier alpha value is -4.18. The number of nitro groups is 1. The zero-order valence-corrected chi connectivity index (χ0v) is 18.3. The molecule has 0 unspecified atom stereocenters. The van der Waals surface area contributed by atoms with Crippen LogP contribution in [0, 0.1) is 24.0 Å². The van der Waals surface area contributed by atoms with E-state index in [-0.39, 0.29) is 22.8 Å². The quantitative estimate of drug-likeness (QED) is 0.261. The monoisotopic (exact) mass is 468 g/mol. The van der Waals surface area contributed by atoms with Gasteiger partial charge in [0, 0.05) is 17.5 Å². The van der Waals surface area contributed by atoms with Gasteiger partial charge in [0.1, 0.15) is 16.4 Å². The van der Waals surface area contributed by atoms with Crippen LogP contribution in [0.1, 0.15) is 22.7 Å². The van der Waals surface area contributed by atoms with E-state index in [1.165, 1.54) is 24.5 Å². The molecule has 0 spiro atoms. The summed E-state index contributed by atoms with van der Waals surface area (Å²) >= 11 is 5.92. The molecule has 1 aliphatic rings. The Morgan fingerprint density at radius 1 is 1.18 bits per heavy atom.